The molecule has 2 aromatic rings. The van der Waals surface area contributed by atoms with Crippen LogP contribution in [0.2, 0.25) is 5.02 Å². The van der Waals surface area contributed by atoms with Crippen LogP contribution in [0.25, 0.3) is 0 Å². The molecule has 0 aliphatic heterocycles. The van der Waals surface area contributed by atoms with Crippen LogP contribution in [0.15, 0.2) is 48.5 Å². The zero-order chi connectivity index (χ0) is 24.2. The van der Waals surface area contributed by atoms with Crippen LogP contribution in [0.3, 0.4) is 0 Å². The standard InChI is InChI=1S/C26H35ClN2O4/c1-5-24(26(31)28-17-19(2)3)29(18-20-8-6-9-23(16-20)32-4)25(30)10-7-15-33-22-13-11-21(27)12-14-22/h6,8-9,11-14,16,19,24H,5,7,10,15,17-18H2,1-4H3,(H,28,31)/t24-/m1/s1. The van der Waals surface area contributed by atoms with E-state index in [-0.39, 0.29) is 18.2 Å². The Bertz CT molecular complexity index is 886. The van der Waals surface area contributed by atoms with Crippen molar-refractivity contribution in [3.63, 3.8) is 0 Å². The van der Waals surface area contributed by atoms with Crippen LogP contribution in [-0.2, 0) is 16.1 Å². The molecule has 1 N–H and O–H groups in total. The van der Waals surface area contributed by atoms with Crippen molar-refractivity contribution in [1.82, 2.24) is 10.2 Å². The van der Waals surface area contributed by atoms with Gasteiger partial charge in [0.25, 0.3) is 0 Å². The molecule has 0 fully saturated rings. The minimum Gasteiger partial charge on any atom is -0.497 e. The first-order valence-corrected chi connectivity index (χ1v) is 11.8. The lowest BCUT2D eigenvalue weighted by atomic mass is 10.1. The van der Waals surface area contributed by atoms with Gasteiger partial charge in [0.1, 0.15) is 17.5 Å². The summed E-state index contributed by atoms with van der Waals surface area (Å²) in [5.41, 5.74) is 0.912. The molecule has 2 rings (SSSR count). The van der Waals surface area contributed by atoms with Crippen LogP contribution in [0.1, 0.15) is 45.6 Å². The Morgan fingerprint density at radius 3 is 2.45 bits per heavy atom. The number of benzene rings is 2. The van der Waals surface area contributed by atoms with E-state index in [0.29, 0.717) is 55.0 Å². The Balaban J connectivity index is 2.07. The van der Waals surface area contributed by atoms with Crippen molar-refractivity contribution in [3.05, 3.63) is 59.1 Å². The number of nitrogens with zero attached hydrogens (tertiary/aromatic N) is 1. The molecule has 0 aromatic heterocycles. The fourth-order valence-corrected chi connectivity index (χ4v) is 3.52. The maximum Gasteiger partial charge on any atom is 0.242 e. The molecule has 0 unspecified atom stereocenters. The van der Waals surface area contributed by atoms with Gasteiger partial charge in [0, 0.05) is 24.5 Å². The predicted molar refractivity (Wildman–Crippen MR) is 132 cm³/mol. The molecule has 0 radical (unpaired) electrons. The monoisotopic (exact) mass is 474 g/mol. The molecule has 7 heteroatoms. The van der Waals surface area contributed by atoms with E-state index in [1.54, 1.807) is 36.3 Å². The van der Waals surface area contributed by atoms with Crippen molar-refractivity contribution in [2.24, 2.45) is 5.92 Å². The normalized spacial score (nSPS) is 11.7. The van der Waals surface area contributed by atoms with Crippen molar-refractivity contribution >= 4 is 23.4 Å². The summed E-state index contributed by atoms with van der Waals surface area (Å²) < 4.78 is 11.0. The van der Waals surface area contributed by atoms with Crippen molar-refractivity contribution in [2.45, 2.75) is 52.6 Å². The van der Waals surface area contributed by atoms with E-state index in [2.05, 4.69) is 5.32 Å². The lowest BCUT2D eigenvalue weighted by molar-refractivity contribution is -0.141. The molecule has 0 spiro atoms. The van der Waals surface area contributed by atoms with Gasteiger partial charge in [-0.05, 0) is 60.7 Å². The van der Waals surface area contributed by atoms with E-state index in [4.69, 9.17) is 21.1 Å². The highest BCUT2D eigenvalue weighted by atomic mass is 35.5. The maximum absolute atomic E-state index is 13.2. The summed E-state index contributed by atoms with van der Waals surface area (Å²) in [5.74, 6) is 1.55. The van der Waals surface area contributed by atoms with Gasteiger partial charge < -0.3 is 19.7 Å². The Morgan fingerprint density at radius 1 is 1.09 bits per heavy atom. The van der Waals surface area contributed by atoms with E-state index >= 15 is 0 Å². The number of carbonyl (C=O) groups is 2. The lowest BCUT2D eigenvalue weighted by Crippen LogP contribution is -2.49. The SMILES string of the molecule is CC[C@H](C(=O)NCC(C)C)N(Cc1cccc(OC)c1)C(=O)CCCOc1ccc(Cl)cc1. The van der Waals surface area contributed by atoms with Gasteiger partial charge in [-0.25, -0.2) is 0 Å². The minimum atomic E-state index is -0.542. The third kappa shape index (κ3) is 8.97. The molecule has 0 saturated carbocycles. The zero-order valence-corrected chi connectivity index (χ0v) is 20.7. The molecule has 180 valence electrons. The van der Waals surface area contributed by atoms with Gasteiger partial charge in [-0.2, -0.15) is 0 Å². The summed E-state index contributed by atoms with van der Waals surface area (Å²) in [4.78, 5) is 27.8. The summed E-state index contributed by atoms with van der Waals surface area (Å²) in [6.45, 7) is 7.32. The highest BCUT2D eigenvalue weighted by molar-refractivity contribution is 6.30. The van der Waals surface area contributed by atoms with E-state index in [1.807, 2.05) is 45.0 Å². The van der Waals surface area contributed by atoms with Gasteiger partial charge in [0.2, 0.25) is 11.8 Å². The van der Waals surface area contributed by atoms with Gasteiger partial charge in [0.05, 0.1) is 13.7 Å². The molecule has 2 amide bonds. The van der Waals surface area contributed by atoms with Crippen molar-refractivity contribution in [1.29, 1.82) is 0 Å². The van der Waals surface area contributed by atoms with E-state index in [1.165, 1.54) is 0 Å². The van der Waals surface area contributed by atoms with Gasteiger partial charge in [0.15, 0.2) is 0 Å². The Labute approximate surface area is 202 Å². The van der Waals surface area contributed by atoms with Gasteiger partial charge in [-0.15, -0.1) is 0 Å². The van der Waals surface area contributed by atoms with E-state index < -0.39 is 6.04 Å². The average Bonchev–Trinajstić information content (AvgIpc) is 2.81. The molecule has 33 heavy (non-hydrogen) atoms. The van der Waals surface area contributed by atoms with Crippen molar-refractivity contribution < 1.29 is 19.1 Å². The number of ether oxygens (including phenoxy) is 2. The number of carbonyl (C=O) groups excluding carboxylic acids is 2. The van der Waals surface area contributed by atoms with Crippen LogP contribution in [0, 0.1) is 5.92 Å². The third-order valence-corrected chi connectivity index (χ3v) is 5.43. The third-order valence-electron chi connectivity index (χ3n) is 5.17. The summed E-state index contributed by atoms with van der Waals surface area (Å²) in [7, 11) is 1.61. The van der Waals surface area contributed by atoms with Crippen LogP contribution in [0.5, 0.6) is 11.5 Å². The molecule has 1 atom stereocenters. The number of nitrogens with one attached hydrogen (secondary N) is 1. The first-order valence-electron chi connectivity index (χ1n) is 11.4. The second-order valence-electron chi connectivity index (χ2n) is 8.34. The molecule has 0 aliphatic carbocycles. The molecule has 2 aromatic carbocycles. The zero-order valence-electron chi connectivity index (χ0n) is 20.0. The highest BCUT2D eigenvalue weighted by Crippen LogP contribution is 2.19. The number of hydrogen-bond acceptors (Lipinski definition) is 4. The van der Waals surface area contributed by atoms with Crippen molar-refractivity contribution in [3.8, 4) is 11.5 Å². The van der Waals surface area contributed by atoms with E-state index in [0.717, 1.165) is 5.56 Å². The van der Waals surface area contributed by atoms with Crippen LogP contribution in [-0.4, -0.2) is 43.0 Å². The second-order valence-corrected chi connectivity index (χ2v) is 8.78. The fourth-order valence-electron chi connectivity index (χ4n) is 3.40. The number of hydrogen-bond donors (Lipinski definition) is 1. The van der Waals surface area contributed by atoms with Crippen LogP contribution in [0.4, 0.5) is 0 Å². The quantitative estimate of drug-likeness (QED) is 0.411. The Morgan fingerprint density at radius 2 is 1.82 bits per heavy atom. The van der Waals surface area contributed by atoms with Gasteiger partial charge >= 0.3 is 0 Å². The summed E-state index contributed by atoms with van der Waals surface area (Å²) in [6, 6.07) is 14.1. The Hall–Kier alpha value is -2.73. The summed E-state index contributed by atoms with van der Waals surface area (Å²) >= 11 is 5.90. The first kappa shape index (κ1) is 26.5. The molecule has 0 bridgehead atoms. The van der Waals surface area contributed by atoms with Crippen molar-refractivity contribution in [2.75, 3.05) is 20.3 Å². The number of halogens is 1. The van der Waals surface area contributed by atoms with Gasteiger partial charge in [-0.1, -0.05) is 44.5 Å². The smallest absolute Gasteiger partial charge is 0.242 e. The predicted octanol–water partition coefficient (Wildman–Crippen LogP) is 5.09. The molecule has 0 aliphatic rings. The molecule has 0 saturated heterocycles. The lowest BCUT2D eigenvalue weighted by Gasteiger charge is -2.31. The number of amides is 2. The van der Waals surface area contributed by atoms with Crippen LogP contribution < -0.4 is 14.8 Å². The van der Waals surface area contributed by atoms with Crippen LogP contribution >= 0.6 is 11.6 Å². The summed E-state index contributed by atoms with van der Waals surface area (Å²) in [6.07, 6.45) is 1.35. The Kier molecular flexibility index (Phi) is 11.0. The topological polar surface area (TPSA) is 67.9 Å². The fraction of sp³-hybridized carbons (Fsp3) is 0.462. The van der Waals surface area contributed by atoms with E-state index in [9.17, 15) is 9.59 Å². The van der Waals surface area contributed by atoms with Gasteiger partial charge in [-0.3, -0.25) is 9.59 Å². The second kappa shape index (κ2) is 13.7. The summed E-state index contributed by atoms with van der Waals surface area (Å²) in [5, 5.41) is 3.62. The highest BCUT2D eigenvalue weighted by Gasteiger charge is 2.28. The minimum absolute atomic E-state index is 0.0796. The molecule has 6 nitrogen and oxygen atoms in total. The largest absolute Gasteiger partial charge is 0.497 e. The average molecular weight is 475 g/mol. The molecular formula is C26H35ClN2O4. The number of methoxy groups -OCH3 is 1. The molecular weight excluding hydrogens is 440 g/mol. The number of rotatable bonds is 13. The first-order chi connectivity index (χ1) is 15.8. The molecule has 0 heterocycles. The maximum atomic E-state index is 13.2.